The maximum absolute atomic E-state index is 15.2. The molecule has 3 aliphatic rings. The lowest BCUT2D eigenvalue weighted by Gasteiger charge is -2.60. The van der Waals surface area contributed by atoms with Crippen molar-refractivity contribution < 1.29 is 53.1 Å². The van der Waals surface area contributed by atoms with E-state index in [2.05, 4.69) is 18.0 Å². The number of nitrogens with zero attached hydrogens (tertiary/aromatic N) is 4. The second-order valence-corrected chi connectivity index (χ2v) is 19.0. The van der Waals surface area contributed by atoms with Crippen LogP contribution in [-0.4, -0.2) is 74.3 Å². The summed E-state index contributed by atoms with van der Waals surface area (Å²) in [5.74, 6) is -3.64. The number of ether oxygens (including phenoxy) is 3. The molecule has 1 saturated carbocycles. The summed E-state index contributed by atoms with van der Waals surface area (Å²) in [6.07, 6.45) is 9.65. The Kier molecular flexibility index (Phi) is 18.2. The minimum atomic E-state index is -1.72. The molecule has 0 spiro atoms. The summed E-state index contributed by atoms with van der Waals surface area (Å²) < 4.78 is 35.0. The number of carbonyl (C=O) groups excluding carboxylic acids is 2. The molecule has 17 nitrogen and oxygen atoms in total. The van der Waals surface area contributed by atoms with Gasteiger partial charge in [-0.05, 0) is 126 Å². The predicted molar refractivity (Wildman–Crippen MR) is 281 cm³/mol. The van der Waals surface area contributed by atoms with Crippen LogP contribution in [0.15, 0.2) is 157 Å². The molecule has 2 amide bonds. The van der Waals surface area contributed by atoms with Gasteiger partial charge in [0.25, 0.3) is 11.4 Å². The number of hydrogen-bond donors (Lipinski definition) is 3. The molecular weight excluding hydrogens is 978 g/mol. The number of nitrogens with one attached hydrogen (secondary N) is 1. The number of hydrogen-bond acceptors (Lipinski definition) is 13. The van der Waals surface area contributed by atoms with Crippen molar-refractivity contribution in [3.8, 4) is 11.5 Å². The first-order valence-electron chi connectivity index (χ1n) is 25.3. The van der Waals surface area contributed by atoms with Gasteiger partial charge in [0.05, 0.1) is 28.1 Å². The summed E-state index contributed by atoms with van der Waals surface area (Å²) in [7, 11) is 0. The number of allylic oxidation sites excluding steroid dienone is 1. The first-order valence-corrected chi connectivity index (χ1v) is 25.3. The number of rotatable bonds is 24. The van der Waals surface area contributed by atoms with Gasteiger partial charge in [0.2, 0.25) is 11.7 Å². The van der Waals surface area contributed by atoms with E-state index in [-0.39, 0.29) is 74.9 Å². The number of aliphatic hydroxyl groups excluding tert-OH is 2. The fraction of sp³-hybridized carbons (Fsp3) is 0.328. The van der Waals surface area contributed by atoms with Gasteiger partial charge in [-0.15, -0.1) is 6.58 Å². The van der Waals surface area contributed by atoms with E-state index in [1.165, 1.54) is 54.6 Å². The van der Waals surface area contributed by atoms with E-state index in [4.69, 9.17) is 24.2 Å². The maximum Gasteiger partial charge on any atom is 0.412 e. The Hall–Kier alpha value is -8.06. The van der Waals surface area contributed by atoms with Crippen molar-refractivity contribution in [2.24, 2.45) is 22.9 Å². The molecule has 8 rings (SSSR count). The highest BCUT2D eigenvalue weighted by Gasteiger charge is 2.65. The SMILES string of the molecule is C=CCOC12Oc3ccc(OC(=O)NCc4ccccc4)cc3C3C(CCCCO)C(CCCCO)C=C(C(=NOCc4ccc([N+](=O)[O-])cc4)CC1N(Cc1ccc(F)cc1)C(=O)C=Cc1ccc([N+](=O)[O-])cc1)C32. The van der Waals surface area contributed by atoms with Gasteiger partial charge in [-0.2, -0.15) is 0 Å². The summed E-state index contributed by atoms with van der Waals surface area (Å²) in [5, 5.41) is 50.7. The molecular formula is C58H60FN5O12. The van der Waals surface area contributed by atoms with Gasteiger partial charge in [0.1, 0.15) is 30.0 Å². The van der Waals surface area contributed by atoms with Gasteiger partial charge in [-0.1, -0.05) is 72.6 Å². The summed E-state index contributed by atoms with van der Waals surface area (Å²) in [6, 6.07) is 30.9. The van der Waals surface area contributed by atoms with E-state index in [0.29, 0.717) is 72.2 Å². The first kappa shape index (κ1) is 54.2. The summed E-state index contributed by atoms with van der Waals surface area (Å²) in [4.78, 5) is 58.4. The van der Waals surface area contributed by atoms with E-state index in [1.807, 2.05) is 30.3 Å². The molecule has 0 saturated heterocycles. The van der Waals surface area contributed by atoms with E-state index in [9.17, 15) is 39.6 Å². The second kappa shape index (κ2) is 25.5. The Labute approximate surface area is 439 Å². The zero-order valence-electron chi connectivity index (χ0n) is 41.8. The van der Waals surface area contributed by atoms with Gasteiger partial charge in [0, 0.05) is 74.5 Å². The number of nitro benzene ring substituents is 2. The fourth-order valence-electron chi connectivity index (χ4n) is 10.6. The number of benzene rings is 5. The van der Waals surface area contributed by atoms with Crippen LogP contribution in [0, 0.1) is 43.8 Å². The number of amides is 2. The summed E-state index contributed by atoms with van der Waals surface area (Å²) in [5.41, 5.74) is 4.22. The molecule has 2 aliphatic carbocycles. The zero-order chi connectivity index (χ0) is 53.6. The Morgan fingerprint density at radius 2 is 1.53 bits per heavy atom. The maximum atomic E-state index is 15.2. The number of halogens is 1. The number of non-ortho nitro benzene ring substituents is 2. The van der Waals surface area contributed by atoms with Crippen molar-refractivity contribution in [1.82, 2.24) is 10.2 Å². The van der Waals surface area contributed by atoms with E-state index >= 15 is 4.79 Å². The standard InChI is InChI=1S/C58H60FN5O12/c1-2-32-73-58-53(62(37-41-14-21-44(59)22-15-41)54(67)29-20-39-16-23-45(24-17-39)63(69)70)35-51(61-74-38-42-18-25-46(26-19-42)64(71)72)49-33-43(12-6-8-30-65)48(13-7-9-31-66)55(56(49)58)50-34-47(27-28-52(50)76-58)75-57(68)60-36-40-10-4-3-5-11-40/h2-5,10-11,14-29,33-34,43,48,53,55-56,65-66H,1,6-9,12-13,30-32,35-38H2,(H,60,68). The van der Waals surface area contributed by atoms with Crippen LogP contribution in [0.25, 0.3) is 6.08 Å². The van der Waals surface area contributed by atoms with Gasteiger partial charge in [-0.3, -0.25) is 25.0 Å². The monoisotopic (exact) mass is 1040 g/mol. The van der Waals surface area contributed by atoms with Gasteiger partial charge in [-0.25, -0.2) is 9.18 Å². The number of nitro groups is 2. The number of fused-ring (bicyclic) bond motifs is 2. The number of carbonyl (C=O) groups is 2. The van der Waals surface area contributed by atoms with Crippen molar-refractivity contribution in [1.29, 1.82) is 0 Å². The van der Waals surface area contributed by atoms with Crippen LogP contribution in [-0.2, 0) is 34.1 Å². The minimum Gasteiger partial charge on any atom is -0.459 e. The van der Waals surface area contributed by atoms with E-state index in [1.54, 1.807) is 59.5 Å². The zero-order valence-corrected chi connectivity index (χ0v) is 41.8. The minimum absolute atomic E-state index is 0.00579. The fourth-order valence-corrected chi connectivity index (χ4v) is 10.6. The topological polar surface area (TPSA) is 225 Å². The highest BCUT2D eigenvalue weighted by molar-refractivity contribution is 6.03. The lowest BCUT2D eigenvalue weighted by atomic mass is 9.55. The molecule has 6 atom stereocenters. The Balaban J connectivity index is 1.31. The van der Waals surface area contributed by atoms with Crippen molar-refractivity contribution in [3.05, 3.63) is 206 Å². The van der Waals surface area contributed by atoms with Crippen LogP contribution in [0.2, 0.25) is 0 Å². The Bertz CT molecular complexity index is 2930. The third-order valence-corrected chi connectivity index (χ3v) is 14.1. The van der Waals surface area contributed by atoms with Crippen LogP contribution >= 0.6 is 0 Å². The van der Waals surface area contributed by atoms with Gasteiger partial charge >= 0.3 is 6.09 Å². The van der Waals surface area contributed by atoms with Crippen LogP contribution in [0.1, 0.15) is 78.7 Å². The number of unbranched alkanes of at least 4 members (excludes halogenated alkanes) is 2. The second-order valence-electron chi connectivity index (χ2n) is 19.0. The Morgan fingerprint density at radius 1 is 0.855 bits per heavy atom. The molecule has 0 bridgehead atoms. The highest BCUT2D eigenvalue weighted by Crippen LogP contribution is 2.62. The van der Waals surface area contributed by atoms with Crippen LogP contribution in [0.5, 0.6) is 11.5 Å². The molecule has 1 aliphatic heterocycles. The van der Waals surface area contributed by atoms with Gasteiger partial charge < -0.3 is 39.5 Å². The average Bonchev–Trinajstić information content (AvgIpc) is 3.44. The molecule has 76 heavy (non-hydrogen) atoms. The third-order valence-electron chi connectivity index (χ3n) is 14.1. The quantitative estimate of drug-likeness (QED) is 0.0173. The Morgan fingerprint density at radius 3 is 2.20 bits per heavy atom. The molecule has 0 radical (unpaired) electrons. The van der Waals surface area contributed by atoms with E-state index in [0.717, 1.165) is 11.1 Å². The molecule has 5 aromatic rings. The number of oxime groups is 1. The molecule has 1 heterocycles. The highest BCUT2D eigenvalue weighted by atomic mass is 19.1. The number of aliphatic hydroxyl groups is 2. The lowest BCUT2D eigenvalue weighted by molar-refractivity contribution is -0.385. The molecule has 5 aromatic carbocycles. The lowest BCUT2D eigenvalue weighted by Crippen LogP contribution is -2.70. The molecule has 1 fully saturated rings. The largest absolute Gasteiger partial charge is 0.459 e. The van der Waals surface area contributed by atoms with Gasteiger partial charge in [0.15, 0.2) is 0 Å². The third kappa shape index (κ3) is 12.9. The molecule has 3 N–H and O–H groups in total. The summed E-state index contributed by atoms with van der Waals surface area (Å²) in [6.45, 7) is 4.01. The van der Waals surface area contributed by atoms with Crippen molar-refractivity contribution in [2.45, 2.75) is 82.4 Å². The molecule has 0 aromatic heterocycles. The average molecular weight is 1040 g/mol. The first-order chi connectivity index (χ1) is 36.9. The van der Waals surface area contributed by atoms with Crippen LogP contribution in [0.3, 0.4) is 0 Å². The molecule has 6 unspecified atom stereocenters. The summed E-state index contributed by atoms with van der Waals surface area (Å²) >= 11 is 0. The molecule has 18 heteroatoms. The predicted octanol–water partition coefficient (Wildman–Crippen LogP) is 10.5. The smallest absolute Gasteiger partial charge is 0.412 e. The van der Waals surface area contributed by atoms with Crippen LogP contribution in [0.4, 0.5) is 20.6 Å². The van der Waals surface area contributed by atoms with Crippen molar-refractivity contribution in [3.63, 3.8) is 0 Å². The van der Waals surface area contributed by atoms with Crippen LogP contribution < -0.4 is 14.8 Å². The van der Waals surface area contributed by atoms with Crippen molar-refractivity contribution in [2.75, 3.05) is 19.8 Å². The molecule has 396 valence electrons. The van der Waals surface area contributed by atoms with Crippen molar-refractivity contribution >= 4 is 35.2 Å². The normalized spacial score (nSPS) is 20.9. The van der Waals surface area contributed by atoms with E-state index < -0.39 is 51.3 Å².